The van der Waals surface area contributed by atoms with Gasteiger partial charge in [-0.1, -0.05) is 30.8 Å². The van der Waals surface area contributed by atoms with Crippen molar-refractivity contribution in [1.82, 2.24) is 10.2 Å². The second kappa shape index (κ2) is 7.41. The van der Waals surface area contributed by atoms with E-state index in [1.807, 2.05) is 12.1 Å². The molecule has 5 rings (SSSR count). The van der Waals surface area contributed by atoms with Gasteiger partial charge in [0.25, 0.3) is 0 Å². The van der Waals surface area contributed by atoms with Crippen LogP contribution in [0.3, 0.4) is 0 Å². The number of aryl methyl sites for hydroxylation is 2. The molecule has 3 aromatic carbocycles. The summed E-state index contributed by atoms with van der Waals surface area (Å²) in [5.74, 6) is -1.72. The number of benzene rings is 3. The molecular weight excluding hydrogens is 380 g/mol. The van der Waals surface area contributed by atoms with Gasteiger partial charge < -0.3 is 5.32 Å². The summed E-state index contributed by atoms with van der Waals surface area (Å²) in [6, 6.07) is 16.0. The SMILES string of the molecule is C=C(Nc1ccc2c(c1)CCCC2)c1n[nH]c2ccc(-c3cccc(F)c3F)cc12. The summed E-state index contributed by atoms with van der Waals surface area (Å²) in [7, 11) is 0. The average molecular weight is 401 g/mol. The molecular formula is C25H21F2N3. The van der Waals surface area contributed by atoms with Crippen LogP contribution in [-0.2, 0) is 12.8 Å². The van der Waals surface area contributed by atoms with E-state index in [1.54, 1.807) is 12.1 Å². The summed E-state index contributed by atoms with van der Waals surface area (Å²) in [5, 5.41) is 11.5. The minimum Gasteiger partial charge on any atom is -0.354 e. The van der Waals surface area contributed by atoms with Crippen molar-refractivity contribution in [3.8, 4) is 11.1 Å². The number of aromatic nitrogens is 2. The van der Waals surface area contributed by atoms with Crippen LogP contribution in [0.2, 0.25) is 0 Å². The van der Waals surface area contributed by atoms with Crippen molar-refractivity contribution in [2.45, 2.75) is 25.7 Å². The Bertz CT molecular complexity index is 1270. The lowest BCUT2D eigenvalue weighted by Gasteiger charge is -2.17. The van der Waals surface area contributed by atoms with Gasteiger partial charge in [-0.15, -0.1) is 0 Å². The number of hydrogen-bond acceptors (Lipinski definition) is 2. The van der Waals surface area contributed by atoms with Crippen molar-refractivity contribution >= 4 is 22.3 Å². The van der Waals surface area contributed by atoms with E-state index >= 15 is 0 Å². The van der Waals surface area contributed by atoms with E-state index in [2.05, 4.69) is 40.3 Å². The van der Waals surface area contributed by atoms with Crippen LogP contribution in [-0.4, -0.2) is 10.2 Å². The molecule has 0 radical (unpaired) electrons. The minimum absolute atomic E-state index is 0.220. The van der Waals surface area contributed by atoms with Crippen LogP contribution in [0.5, 0.6) is 0 Å². The van der Waals surface area contributed by atoms with Crippen molar-refractivity contribution in [2.75, 3.05) is 5.32 Å². The van der Waals surface area contributed by atoms with Crippen LogP contribution in [0.25, 0.3) is 27.7 Å². The number of rotatable bonds is 4. The van der Waals surface area contributed by atoms with E-state index in [9.17, 15) is 8.78 Å². The molecule has 5 heteroatoms. The van der Waals surface area contributed by atoms with Crippen LogP contribution in [0.4, 0.5) is 14.5 Å². The topological polar surface area (TPSA) is 40.7 Å². The quantitative estimate of drug-likeness (QED) is 0.411. The molecule has 0 saturated heterocycles. The Balaban J connectivity index is 1.48. The molecule has 1 aromatic heterocycles. The Morgan fingerprint density at radius 3 is 2.67 bits per heavy atom. The zero-order valence-corrected chi connectivity index (χ0v) is 16.4. The van der Waals surface area contributed by atoms with Gasteiger partial charge in [-0.05, 0) is 72.7 Å². The Labute approximate surface area is 173 Å². The lowest BCUT2D eigenvalue weighted by molar-refractivity contribution is 0.511. The third-order valence-corrected chi connectivity index (χ3v) is 5.76. The second-order valence-electron chi connectivity index (χ2n) is 7.73. The molecule has 0 bridgehead atoms. The summed E-state index contributed by atoms with van der Waals surface area (Å²) >= 11 is 0. The summed E-state index contributed by atoms with van der Waals surface area (Å²) in [5.41, 5.74) is 6.69. The fraction of sp³-hybridized carbons (Fsp3) is 0.160. The van der Waals surface area contributed by atoms with Crippen LogP contribution < -0.4 is 5.32 Å². The van der Waals surface area contributed by atoms with Gasteiger partial charge >= 0.3 is 0 Å². The van der Waals surface area contributed by atoms with Crippen molar-refractivity contribution in [3.05, 3.63) is 89.6 Å². The molecule has 150 valence electrons. The Morgan fingerprint density at radius 1 is 0.967 bits per heavy atom. The fourth-order valence-corrected chi connectivity index (χ4v) is 4.18. The monoisotopic (exact) mass is 401 g/mol. The van der Waals surface area contributed by atoms with E-state index in [0.717, 1.165) is 35.5 Å². The van der Waals surface area contributed by atoms with Gasteiger partial charge in [0.2, 0.25) is 0 Å². The molecule has 0 atom stereocenters. The average Bonchev–Trinajstić information content (AvgIpc) is 3.19. The third-order valence-electron chi connectivity index (χ3n) is 5.76. The molecule has 0 fully saturated rings. The van der Waals surface area contributed by atoms with Crippen LogP contribution in [0.15, 0.2) is 61.2 Å². The third kappa shape index (κ3) is 3.26. The van der Waals surface area contributed by atoms with Gasteiger partial charge in [0, 0.05) is 16.6 Å². The molecule has 0 spiro atoms. The maximum absolute atomic E-state index is 14.3. The van der Waals surface area contributed by atoms with Crippen molar-refractivity contribution in [2.24, 2.45) is 0 Å². The van der Waals surface area contributed by atoms with Gasteiger partial charge in [-0.25, -0.2) is 8.78 Å². The number of aromatic amines is 1. The maximum Gasteiger partial charge on any atom is 0.166 e. The first-order chi connectivity index (χ1) is 14.6. The van der Waals surface area contributed by atoms with Gasteiger partial charge in [0.05, 0.1) is 11.2 Å². The number of hydrogen-bond donors (Lipinski definition) is 2. The molecule has 0 unspecified atom stereocenters. The van der Waals surface area contributed by atoms with Crippen LogP contribution >= 0.6 is 0 Å². The summed E-state index contributed by atoms with van der Waals surface area (Å²) in [6.07, 6.45) is 4.71. The lowest BCUT2D eigenvalue weighted by atomic mass is 9.91. The number of anilines is 1. The van der Waals surface area contributed by atoms with E-state index in [-0.39, 0.29) is 5.56 Å². The number of halogens is 2. The molecule has 1 aliphatic rings. The summed E-state index contributed by atoms with van der Waals surface area (Å²) in [6.45, 7) is 4.16. The highest BCUT2D eigenvalue weighted by atomic mass is 19.2. The molecule has 0 amide bonds. The zero-order valence-electron chi connectivity index (χ0n) is 16.4. The summed E-state index contributed by atoms with van der Waals surface area (Å²) < 4.78 is 27.9. The van der Waals surface area contributed by atoms with Crippen LogP contribution in [0.1, 0.15) is 29.7 Å². The number of H-pyrrole nitrogens is 1. The lowest BCUT2D eigenvalue weighted by Crippen LogP contribution is -2.04. The second-order valence-corrected chi connectivity index (χ2v) is 7.73. The highest BCUT2D eigenvalue weighted by Gasteiger charge is 2.15. The Morgan fingerprint density at radius 2 is 1.80 bits per heavy atom. The smallest absolute Gasteiger partial charge is 0.166 e. The van der Waals surface area contributed by atoms with Gasteiger partial charge in [-0.2, -0.15) is 5.10 Å². The number of nitrogens with one attached hydrogen (secondary N) is 2. The van der Waals surface area contributed by atoms with Gasteiger partial charge in [0.1, 0.15) is 5.69 Å². The molecule has 4 aromatic rings. The van der Waals surface area contributed by atoms with Crippen molar-refractivity contribution in [3.63, 3.8) is 0 Å². The predicted octanol–water partition coefficient (Wildman–Crippen LogP) is 6.47. The Hall–Kier alpha value is -3.47. The molecule has 1 aliphatic carbocycles. The Kier molecular flexibility index (Phi) is 4.58. The number of fused-ring (bicyclic) bond motifs is 2. The van der Waals surface area contributed by atoms with E-state index in [4.69, 9.17) is 0 Å². The number of nitrogens with zero attached hydrogens (tertiary/aromatic N) is 1. The standard InChI is InChI=1S/C25H21F2N3/c1-15(28-19-11-9-16-5-2-3-6-17(16)13-19)25-21-14-18(10-12-23(21)29-30-25)20-7-4-8-22(26)24(20)27/h4,7-14,28H,1-3,5-6H2,(H,29,30). The molecule has 3 nitrogen and oxygen atoms in total. The molecule has 0 aliphatic heterocycles. The highest BCUT2D eigenvalue weighted by molar-refractivity contribution is 5.95. The van der Waals surface area contributed by atoms with Crippen molar-refractivity contribution < 1.29 is 8.78 Å². The first-order valence-electron chi connectivity index (χ1n) is 10.1. The molecule has 0 saturated carbocycles. The maximum atomic E-state index is 14.3. The summed E-state index contributed by atoms with van der Waals surface area (Å²) in [4.78, 5) is 0. The van der Waals surface area contributed by atoms with E-state index in [0.29, 0.717) is 17.0 Å². The molecule has 1 heterocycles. The minimum atomic E-state index is -0.862. The fourth-order valence-electron chi connectivity index (χ4n) is 4.18. The normalized spacial score (nSPS) is 13.3. The highest BCUT2D eigenvalue weighted by Crippen LogP contribution is 2.31. The largest absolute Gasteiger partial charge is 0.354 e. The zero-order chi connectivity index (χ0) is 20.7. The van der Waals surface area contributed by atoms with Gasteiger partial charge in [-0.3, -0.25) is 5.10 Å². The van der Waals surface area contributed by atoms with Gasteiger partial charge in [0.15, 0.2) is 11.6 Å². The first kappa shape index (κ1) is 18.6. The van der Waals surface area contributed by atoms with Crippen molar-refractivity contribution in [1.29, 1.82) is 0 Å². The van der Waals surface area contributed by atoms with E-state index in [1.165, 1.54) is 30.0 Å². The first-order valence-corrected chi connectivity index (χ1v) is 10.1. The predicted molar refractivity (Wildman–Crippen MR) is 117 cm³/mol. The molecule has 2 N–H and O–H groups in total. The van der Waals surface area contributed by atoms with Crippen LogP contribution in [0, 0.1) is 11.6 Å². The molecule has 30 heavy (non-hydrogen) atoms. The van der Waals surface area contributed by atoms with E-state index < -0.39 is 11.6 Å².